The zero-order valence-electron chi connectivity index (χ0n) is 8.87. The number of halogens is 3. The number of hydrogen-bond acceptors (Lipinski definition) is 3. The fourth-order valence-corrected chi connectivity index (χ4v) is 1.69. The molecule has 2 rings (SSSR count). The summed E-state index contributed by atoms with van der Waals surface area (Å²) >= 11 is 0. The van der Waals surface area contributed by atoms with Gasteiger partial charge >= 0.3 is 6.18 Å². The summed E-state index contributed by atoms with van der Waals surface area (Å²) in [6.45, 7) is 0.689. The van der Waals surface area contributed by atoms with Crippen molar-refractivity contribution in [2.24, 2.45) is 0 Å². The number of nitrogens with zero attached hydrogens (tertiary/aromatic N) is 3. The molecule has 1 aliphatic rings. The third-order valence-electron chi connectivity index (χ3n) is 2.49. The Kier molecular flexibility index (Phi) is 2.99. The first kappa shape index (κ1) is 11.8. The highest BCUT2D eigenvalue weighted by atomic mass is 19.4. The molecule has 0 atom stereocenters. The van der Waals surface area contributed by atoms with E-state index in [1.54, 1.807) is 0 Å². The van der Waals surface area contributed by atoms with Crippen molar-refractivity contribution in [3.63, 3.8) is 0 Å². The average molecular weight is 245 g/mol. The molecule has 2 heterocycles. The maximum atomic E-state index is 12.4. The smallest absolute Gasteiger partial charge is 0.337 e. The predicted molar refractivity (Wildman–Crippen MR) is 51.7 cm³/mol. The molecular formula is C10H10F3N3O. The molecule has 1 aliphatic heterocycles. The summed E-state index contributed by atoms with van der Waals surface area (Å²) in [4.78, 5) is 19.4. The molecule has 0 saturated carbocycles. The Morgan fingerprint density at radius 1 is 1.41 bits per heavy atom. The molecule has 0 aliphatic carbocycles. The molecule has 0 spiro atoms. The van der Waals surface area contributed by atoms with Crippen LogP contribution in [-0.2, 0) is 17.5 Å². The highest BCUT2D eigenvalue weighted by Crippen LogP contribution is 2.25. The number of rotatable bonds is 2. The maximum absolute atomic E-state index is 12.4. The number of carbonyl (C=O) groups is 1. The van der Waals surface area contributed by atoms with E-state index in [0.29, 0.717) is 13.0 Å². The van der Waals surface area contributed by atoms with Gasteiger partial charge in [0.2, 0.25) is 11.7 Å². The summed E-state index contributed by atoms with van der Waals surface area (Å²) in [7, 11) is 0. The summed E-state index contributed by atoms with van der Waals surface area (Å²) < 4.78 is 37.1. The Balaban J connectivity index is 2.14. The molecule has 7 heteroatoms. The van der Waals surface area contributed by atoms with Crippen LogP contribution in [-0.4, -0.2) is 27.3 Å². The molecule has 1 fully saturated rings. The first-order chi connectivity index (χ1) is 7.97. The van der Waals surface area contributed by atoms with Gasteiger partial charge in [0.25, 0.3) is 0 Å². The van der Waals surface area contributed by atoms with Gasteiger partial charge in [0.15, 0.2) is 0 Å². The molecule has 1 amide bonds. The van der Waals surface area contributed by atoms with Crippen molar-refractivity contribution < 1.29 is 18.0 Å². The van der Waals surface area contributed by atoms with Gasteiger partial charge in [-0.05, 0) is 12.5 Å². The molecule has 0 unspecified atom stereocenters. The van der Waals surface area contributed by atoms with Crippen molar-refractivity contribution in [3.05, 3.63) is 23.8 Å². The average Bonchev–Trinajstić information content (AvgIpc) is 2.64. The third kappa shape index (κ3) is 2.72. The van der Waals surface area contributed by atoms with E-state index in [-0.39, 0.29) is 18.1 Å². The normalized spacial score (nSPS) is 16.6. The zero-order valence-corrected chi connectivity index (χ0v) is 8.87. The summed E-state index contributed by atoms with van der Waals surface area (Å²) in [5.41, 5.74) is 0.211. The largest absolute Gasteiger partial charge is 0.451 e. The molecule has 1 saturated heterocycles. The van der Waals surface area contributed by atoms with E-state index in [9.17, 15) is 18.0 Å². The van der Waals surface area contributed by atoms with Crippen LogP contribution in [0.2, 0.25) is 0 Å². The maximum Gasteiger partial charge on any atom is 0.451 e. The van der Waals surface area contributed by atoms with Crippen molar-refractivity contribution in [2.45, 2.75) is 25.6 Å². The van der Waals surface area contributed by atoms with Crippen LogP contribution >= 0.6 is 0 Å². The quantitative estimate of drug-likeness (QED) is 0.795. The molecule has 17 heavy (non-hydrogen) atoms. The van der Waals surface area contributed by atoms with Gasteiger partial charge in [-0.2, -0.15) is 13.2 Å². The summed E-state index contributed by atoms with van der Waals surface area (Å²) in [5.74, 6) is -1.21. The molecular weight excluding hydrogens is 235 g/mol. The van der Waals surface area contributed by atoms with Gasteiger partial charge in [-0.25, -0.2) is 9.97 Å². The Morgan fingerprint density at radius 3 is 2.76 bits per heavy atom. The van der Waals surface area contributed by atoms with E-state index < -0.39 is 12.0 Å². The lowest BCUT2D eigenvalue weighted by molar-refractivity contribution is -0.145. The van der Waals surface area contributed by atoms with Gasteiger partial charge in [0.1, 0.15) is 0 Å². The highest BCUT2D eigenvalue weighted by molar-refractivity contribution is 5.77. The standard InChI is InChI=1S/C10H10F3N3O/c11-10(12,13)9-14-4-3-7(15-9)6-16-5-1-2-8(16)17/h3-4H,1-2,5-6H2. The van der Waals surface area contributed by atoms with E-state index in [0.717, 1.165) is 12.6 Å². The first-order valence-electron chi connectivity index (χ1n) is 5.14. The Bertz CT molecular complexity index is 433. The Hall–Kier alpha value is -1.66. The number of hydrogen-bond donors (Lipinski definition) is 0. The molecule has 4 nitrogen and oxygen atoms in total. The minimum Gasteiger partial charge on any atom is -0.337 e. The summed E-state index contributed by atoms with van der Waals surface area (Å²) in [5, 5.41) is 0. The van der Waals surface area contributed by atoms with E-state index >= 15 is 0 Å². The molecule has 0 aromatic carbocycles. The van der Waals surface area contributed by atoms with Crippen molar-refractivity contribution in [3.8, 4) is 0 Å². The van der Waals surface area contributed by atoms with E-state index in [2.05, 4.69) is 9.97 Å². The lowest BCUT2D eigenvalue weighted by Gasteiger charge is -2.15. The minimum atomic E-state index is -4.55. The molecule has 1 aromatic rings. The second-order valence-corrected chi connectivity index (χ2v) is 3.79. The van der Waals surface area contributed by atoms with Crippen LogP contribution in [0, 0.1) is 0 Å². The van der Waals surface area contributed by atoms with E-state index in [4.69, 9.17) is 0 Å². The van der Waals surface area contributed by atoms with Crippen LogP contribution in [0.25, 0.3) is 0 Å². The molecule has 92 valence electrons. The fraction of sp³-hybridized carbons (Fsp3) is 0.500. The summed E-state index contributed by atoms with van der Waals surface area (Å²) in [6.07, 6.45) is -2.29. The van der Waals surface area contributed by atoms with Crippen LogP contribution in [0.3, 0.4) is 0 Å². The topological polar surface area (TPSA) is 46.1 Å². The first-order valence-corrected chi connectivity index (χ1v) is 5.14. The van der Waals surface area contributed by atoms with Crippen LogP contribution in [0.4, 0.5) is 13.2 Å². The molecule has 0 N–H and O–H groups in total. The van der Waals surface area contributed by atoms with Crippen LogP contribution < -0.4 is 0 Å². The number of amides is 1. The van der Waals surface area contributed by atoms with Crippen molar-refractivity contribution in [2.75, 3.05) is 6.54 Å². The SMILES string of the molecule is O=C1CCCN1Cc1ccnc(C(F)(F)F)n1. The van der Waals surface area contributed by atoms with Crippen LogP contribution in [0.15, 0.2) is 12.3 Å². The number of aromatic nitrogens is 2. The van der Waals surface area contributed by atoms with Crippen molar-refractivity contribution in [1.82, 2.24) is 14.9 Å². The zero-order chi connectivity index (χ0) is 12.5. The van der Waals surface area contributed by atoms with Crippen molar-refractivity contribution in [1.29, 1.82) is 0 Å². The van der Waals surface area contributed by atoms with E-state index in [1.807, 2.05) is 0 Å². The fourth-order valence-electron chi connectivity index (χ4n) is 1.69. The monoisotopic (exact) mass is 245 g/mol. The Morgan fingerprint density at radius 2 is 2.18 bits per heavy atom. The second kappa shape index (κ2) is 4.31. The van der Waals surface area contributed by atoms with Crippen LogP contribution in [0.1, 0.15) is 24.4 Å². The summed E-state index contributed by atoms with van der Waals surface area (Å²) in [6, 6.07) is 1.39. The Labute approximate surface area is 95.5 Å². The second-order valence-electron chi connectivity index (χ2n) is 3.79. The van der Waals surface area contributed by atoms with E-state index in [1.165, 1.54) is 11.0 Å². The lowest BCUT2D eigenvalue weighted by atomic mass is 10.3. The third-order valence-corrected chi connectivity index (χ3v) is 2.49. The number of likely N-dealkylation sites (tertiary alicyclic amines) is 1. The minimum absolute atomic E-state index is 0.0443. The number of alkyl halides is 3. The van der Waals surface area contributed by atoms with Gasteiger partial charge in [0, 0.05) is 19.2 Å². The van der Waals surface area contributed by atoms with Gasteiger partial charge in [-0.1, -0.05) is 0 Å². The van der Waals surface area contributed by atoms with Crippen LogP contribution in [0.5, 0.6) is 0 Å². The van der Waals surface area contributed by atoms with Gasteiger partial charge in [0.05, 0.1) is 12.2 Å². The lowest BCUT2D eigenvalue weighted by Crippen LogP contribution is -2.25. The highest BCUT2D eigenvalue weighted by Gasteiger charge is 2.34. The molecule has 1 aromatic heterocycles. The molecule has 0 radical (unpaired) electrons. The van der Waals surface area contributed by atoms with Gasteiger partial charge < -0.3 is 4.90 Å². The number of carbonyl (C=O) groups excluding carboxylic acids is 1. The van der Waals surface area contributed by atoms with Gasteiger partial charge in [-0.3, -0.25) is 4.79 Å². The molecule has 0 bridgehead atoms. The predicted octanol–water partition coefficient (Wildman–Crippen LogP) is 1.62. The van der Waals surface area contributed by atoms with Crippen molar-refractivity contribution >= 4 is 5.91 Å². The van der Waals surface area contributed by atoms with Gasteiger partial charge in [-0.15, -0.1) is 0 Å².